The minimum Gasteiger partial charge on any atom is -0.349 e. The molecule has 1 N–H and O–H groups in total. The quantitative estimate of drug-likeness (QED) is 0.602. The van der Waals surface area contributed by atoms with E-state index in [-0.39, 0.29) is 5.91 Å². The van der Waals surface area contributed by atoms with Crippen molar-refractivity contribution in [2.45, 2.75) is 13.5 Å². The van der Waals surface area contributed by atoms with Crippen LogP contribution in [0.1, 0.15) is 16.3 Å². The fraction of sp³-hybridized carbons (Fsp3) is 0.158. The number of hydrogen-bond acceptors (Lipinski definition) is 4. The molecule has 0 bridgehead atoms. The molecule has 4 aromatic rings. The zero-order valence-electron chi connectivity index (χ0n) is 14.3. The van der Waals surface area contributed by atoms with Gasteiger partial charge in [-0.15, -0.1) is 5.10 Å². The van der Waals surface area contributed by atoms with Gasteiger partial charge in [0, 0.05) is 13.1 Å². The molecule has 0 aliphatic heterocycles. The molecule has 0 fully saturated rings. The number of carbonyl (C=O) groups excluding carboxylic acids is 1. The second-order valence-corrected chi connectivity index (χ2v) is 5.91. The molecule has 7 heteroatoms. The maximum Gasteiger partial charge on any atom is 0.273 e. The number of aryl methyl sites for hydroxylation is 1. The summed E-state index contributed by atoms with van der Waals surface area (Å²) in [5, 5.41) is 11.3. The van der Waals surface area contributed by atoms with Gasteiger partial charge in [0.1, 0.15) is 5.82 Å². The molecule has 4 rings (SSSR count). The lowest BCUT2D eigenvalue weighted by Crippen LogP contribution is -2.28. The van der Waals surface area contributed by atoms with E-state index >= 15 is 0 Å². The van der Waals surface area contributed by atoms with Gasteiger partial charge in [-0.25, -0.2) is 4.98 Å². The summed E-state index contributed by atoms with van der Waals surface area (Å²) in [4.78, 5) is 18.3. The van der Waals surface area contributed by atoms with Crippen LogP contribution in [-0.2, 0) is 6.54 Å². The number of para-hydroxylation sites is 3. The Balaban J connectivity index is 1.41. The van der Waals surface area contributed by atoms with Crippen molar-refractivity contribution in [3.63, 3.8) is 0 Å². The van der Waals surface area contributed by atoms with Crippen molar-refractivity contribution in [3.8, 4) is 5.69 Å². The van der Waals surface area contributed by atoms with Crippen LogP contribution < -0.4 is 5.32 Å². The number of carbonyl (C=O) groups is 1. The summed E-state index contributed by atoms with van der Waals surface area (Å²) in [6, 6.07) is 17.5. The van der Waals surface area contributed by atoms with E-state index in [1.165, 1.54) is 11.0 Å². The van der Waals surface area contributed by atoms with Crippen LogP contribution in [0.5, 0.6) is 0 Å². The third kappa shape index (κ3) is 3.06. The first-order valence-electron chi connectivity index (χ1n) is 8.40. The summed E-state index contributed by atoms with van der Waals surface area (Å²) in [6.07, 6.45) is 1.47. The van der Waals surface area contributed by atoms with Gasteiger partial charge in [0.05, 0.1) is 22.9 Å². The molecule has 2 aromatic carbocycles. The van der Waals surface area contributed by atoms with Crippen LogP contribution in [0.4, 0.5) is 0 Å². The number of hydrogen-bond donors (Lipinski definition) is 1. The van der Waals surface area contributed by atoms with Gasteiger partial charge in [-0.05, 0) is 31.2 Å². The Morgan fingerprint density at radius 2 is 1.85 bits per heavy atom. The fourth-order valence-corrected chi connectivity index (χ4v) is 2.90. The third-order valence-electron chi connectivity index (χ3n) is 4.18. The number of nitrogens with one attached hydrogen (secondary N) is 1. The van der Waals surface area contributed by atoms with Crippen molar-refractivity contribution >= 4 is 16.9 Å². The van der Waals surface area contributed by atoms with Crippen LogP contribution in [0.2, 0.25) is 0 Å². The van der Waals surface area contributed by atoms with Crippen LogP contribution in [0.3, 0.4) is 0 Å². The van der Waals surface area contributed by atoms with Crippen LogP contribution in [0.15, 0.2) is 60.8 Å². The Labute approximate surface area is 150 Å². The van der Waals surface area contributed by atoms with Crippen molar-refractivity contribution in [2.75, 3.05) is 6.54 Å². The molecule has 0 saturated carbocycles. The fourth-order valence-electron chi connectivity index (χ4n) is 2.90. The van der Waals surface area contributed by atoms with Crippen molar-refractivity contribution in [2.24, 2.45) is 0 Å². The smallest absolute Gasteiger partial charge is 0.273 e. The lowest BCUT2D eigenvalue weighted by molar-refractivity contribution is 0.0947. The summed E-state index contributed by atoms with van der Waals surface area (Å²) in [6.45, 7) is 3.09. The van der Waals surface area contributed by atoms with Crippen molar-refractivity contribution in [1.82, 2.24) is 29.9 Å². The molecule has 1 amide bonds. The Bertz CT molecular complexity index is 1050. The highest BCUT2D eigenvalue weighted by atomic mass is 16.2. The van der Waals surface area contributed by atoms with Gasteiger partial charge in [-0.3, -0.25) is 4.79 Å². The van der Waals surface area contributed by atoms with Gasteiger partial charge in [0.2, 0.25) is 0 Å². The summed E-state index contributed by atoms with van der Waals surface area (Å²) in [5.41, 5.74) is 3.13. The second kappa shape index (κ2) is 6.79. The zero-order valence-corrected chi connectivity index (χ0v) is 14.3. The highest BCUT2D eigenvalue weighted by Crippen LogP contribution is 2.14. The molecule has 26 heavy (non-hydrogen) atoms. The molecule has 0 radical (unpaired) electrons. The molecule has 2 heterocycles. The average Bonchev–Trinajstić information content (AvgIpc) is 3.28. The number of fused-ring (bicyclic) bond motifs is 1. The predicted octanol–water partition coefficient (Wildman–Crippen LogP) is 2.36. The van der Waals surface area contributed by atoms with E-state index in [4.69, 9.17) is 0 Å². The van der Waals surface area contributed by atoms with E-state index in [1.54, 1.807) is 0 Å². The number of aromatic nitrogens is 5. The van der Waals surface area contributed by atoms with Gasteiger partial charge in [-0.1, -0.05) is 30.3 Å². The molecule has 0 unspecified atom stereocenters. The predicted molar refractivity (Wildman–Crippen MR) is 98.2 cm³/mol. The van der Waals surface area contributed by atoms with Gasteiger partial charge in [0.15, 0.2) is 5.69 Å². The number of imidazole rings is 1. The topological polar surface area (TPSA) is 77.6 Å². The Morgan fingerprint density at radius 1 is 1.08 bits per heavy atom. The average molecular weight is 346 g/mol. The van der Waals surface area contributed by atoms with Crippen LogP contribution in [-0.4, -0.2) is 37.0 Å². The standard InChI is InChI=1S/C19H18N6O/c1-14-22-16-9-5-6-10-18(16)24(14)12-11-20-19(26)17-13-21-25(23-17)15-7-3-2-4-8-15/h2-10,13H,11-12H2,1H3,(H,20,26). The highest BCUT2D eigenvalue weighted by molar-refractivity contribution is 5.91. The maximum absolute atomic E-state index is 12.3. The monoisotopic (exact) mass is 346 g/mol. The molecule has 2 aromatic heterocycles. The van der Waals surface area contributed by atoms with Crippen molar-refractivity contribution in [3.05, 3.63) is 72.3 Å². The Morgan fingerprint density at radius 3 is 2.69 bits per heavy atom. The highest BCUT2D eigenvalue weighted by Gasteiger charge is 2.12. The van der Waals surface area contributed by atoms with Crippen molar-refractivity contribution < 1.29 is 4.79 Å². The second-order valence-electron chi connectivity index (χ2n) is 5.91. The molecular formula is C19H18N6O. The summed E-state index contributed by atoms with van der Waals surface area (Å²) in [5.74, 6) is 0.685. The molecule has 130 valence electrons. The van der Waals surface area contributed by atoms with Crippen LogP contribution in [0, 0.1) is 6.92 Å². The zero-order chi connectivity index (χ0) is 17.9. The SMILES string of the molecule is Cc1nc2ccccc2n1CCNC(=O)c1cnn(-c2ccccc2)n1. The Kier molecular flexibility index (Phi) is 4.18. The number of rotatable bonds is 5. The first-order valence-corrected chi connectivity index (χ1v) is 8.40. The van der Waals surface area contributed by atoms with Gasteiger partial charge in [0.25, 0.3) is 5.91 Å². The number of benzene rings is 2. The van der Waals surface area contributed by atoms with Crippen molar-refractivity contribution in [1.29, 1.82) is 0 Å². The van der Waals surface area contributed by atoms with E-state index in [2.05, 4.69) is 25.1 Å². The lowest BCUT2D eigenvalue weighted by atomic mass is 10.3. The summed E-state index contributed by atoms with van der Waals surface area (Å²) < 4.78 is 2.09. The molecule has 0 atom stereocenters. The third-order valence-corrected chi connectivity index (χ3v) is 4.18. The summed E-state index contributed by atoms with van der Waals surface area (Å²) in [7, 11) is 0. The van der Waals surface area contributed by atoms with Gasteiger partial charge in [-0.2, -0.15) is 9.90 Å². The summed E-state index contributed by atoms with van der Waals surface area (Å²) >= 11 is 0. The molecule has 0 saturated heterocycles. The Hall–Kier alpha value is -3.48. The lowest BCUT2D eigenvalue weighted by Gasteiger charge is -2.07. The largest absolute Gasteiger partial charge is 0.349 e. The van der Waals surface area contributed by atoms with Gasteiger partial charge >= 0.3 is 0 Å². The van der Waals surface area contributed by atoms with E-state index in [1.807, 2.05) is 61.5 Å². The maximum atomic E-state index is 12.3. The van der Waals surface area contributed by atoms with Crippen LogP contribution in [0.25, 0.3) is 16.7 Å². The number of amides is 1. The minimum atomic E-state index is -0.241. The molecule has 0 aliphatic carbocycles. The van der Waals surface area contributed by atoms with Crippen LogP contribution >= 0.6 is 0 Å². The van der Waals surface area contributed by atoms with Gasteiger partial charge < -0.3 is 9.88 Å². The minimum absolute atomic E-state index is 0.241. The van der Waals surface area contributed by atoms with E-state index in [0.717, 1.165) is 22.5 Å². The molecule has 0 aliphatic rings. The molecule has 7 nitrogen and oxygen atoms in total. The number of nitrogens with zero attached hydrogens (tertiary/aromatic N) is 5. The van der Waals surface area contributed by atoms with E-state index in [0.29, 0.717) is 18.8 Å². The molecule has 0 spiro atoms. The molecular weight excluding hydrogens is 328 g/mol. The normalized spacial score (nSPS) is 11.0. The first kappa shape index (κ1) is 16.0. The van der Waals surface area contributed by atoms with E-state index in [9.17, 15) is 4.79 Å². The van der Waals surface area contributed by atoms with E-state index < -0.39 is 0 Å². The first-order chi connectivity index (χ1) is 12.7.